The van der Waals surface area contributed by atoms with Gasteiger partial charge in [-0.25, -0.2) is 0 Å². The van der Waals surface area contributed by atoms with Crippen LogP contribution in [0.2, 0.25) is 0 Å². The highest BCUT2D eigenvalue weighted by molar-refractivity contribution is 5.93. The zero-order chi connectivity index (χ0) is 15.3. The number of methoxy groups -OCH3 is 1. The van der Waals surface area contributed by atoms with Gasteiger partial charge in [0.05, 0.1) is 12.8 Å². The first-order valence-electron chi connectivity index (χ1n) is 5.65. The fraction of sp³-hybridized carbons (Fsp3) is 0.417. The van der Waals surface area contributed by atoms with Crippen molar-refractivity contribution in [3.63, 3.8) is 0 Å². The smallest absolute Gasteiger partial charge is 0.414 e. The van der Waals surface area contributed by atoms with Crippen molar-refractivity contribution in [3.8, 4) is 5.75 Å². The lowest BCUT2D eigenvalue weighted by Gasteiger charge is -2.16. The molecule has 1 aromatic carbocycles. The Kier molecular flexibility index (Phi) is 5.20. The molecule has 1 unspecified atom stereocenters. The number of anilines is 2. The lowest BCUT2D eigenvalue weighted by Crippen LogP contribution is -2.32. The summed E-state index contributed by atoms with van der Waals surface area (Å²) in [6.45, 7) is 0.116. The van der Waals surface area contributed by atoms with E-state index in [1.165, 1.54) is 25.3 Å². The van der Waals surface area contributed by atoms with Gasteiger partial charge >= 0.3 is 6.18 Å². The van der Waals surface area contributed by atoms with Crippen LogP contribution in [0.5, 0.6) is 5.75 Å². The minimum Gasteiger partial charge on any atom is -0.494 e. The molecule has 8 heteroatoms. The summed E-state index contributed by atoms with van der Waals surface area (Å²) >= 11 is 0. The number of amides is 1. The zero-order valence-electron chi connectivity index (χ0n) is 11.0. The summed E-state index contributed by atoms with van der Waals surface area (Å²) in [5.41, 5.74) is 6.27. The Morgan fingerprint density at radius 1 is 1.45 bits per heavy atom. The van der Waals surface area contributed by atoms with Crippen LogP contribution in [-0.2, 0) is 9.53 Å². The van der Waals surface area contributed by atoms with Gasteiger partial charge in [0.25, 0.3) is 0 Å². The number of halogens is 3. The molecule has 1 amide bonds. The molecule has 0 aromatic heterocycles. The predicted molar refractivity (Wildman–Crippen MR) is 67.5 cm³/mol. The van der Waals surface area contributed by atoms with Gasteiger partial charge in [-0.15, -0.1) is 0 Å². The van der Waals surface area contributed by atoms with Crippen LogP contribution in [0.3, 0.4) is 0 Å². The molecule has 20 heavy (non-hydrogen) atoms. The molecule has 0 saturated heterocycles. The molecule has 0 aliphatic heterocycles. The van der Waals surface area contributed by atoms with E-state index in [1.54, 1.807) is 0 Å². The second-order valence-electron chi connectivity index (χ2n) is 4.00. The molecule has 0 fully saturated rings. The Balaban J connectivity index is 2.59. The van der Waals surface area contributed by atoms with Crippen LogP contribution in [0.1, 0.15) is 6.92 Å². The Bertz CT molecular complexity index is 478. The van der Waals surface area contributed by atoms with Crippen molar-refractivity contribution in [2.24, 2.45) is 0 Å². The van der Waals surface area contributed by atoms with E-state index in [1.807, 2.05) is 0 Å². The molecule has 0 radical (unpaired) electrons. The van der Waals surface area contributed by atoms with Crippen LogP contribution in [0.15, 0.2) is 18.2 Å². The van der Waals surface area contributed by atoms with Crippen LogP contribution in [0, 0.1) is 0 Å². The summed E-state index contributed by atoms with van der Waals surface area (Å²) in [5, 5.41) is 2.38. The summed E-state index contributed by atoms with van der Waals surface area (Å²) in [7, 11) is 1.38. The van der Waals surface area contributed by atoms with Gasteiger partial charge in [0.15, 0.2) is 6.10 Å². The summed E-state index contributed by atoms with van der Waals surface area (Å²) < 4.78 is 46.0. The van der Waals surface area contributed by atoms with Crippen molar-refractivity contribution < 1.29 is 27.4 Å². The quantitative estimate of drug-likeness (QED) is 0.816. The van der Waals surface area contributed by atoms with E-state index in [2.05, 4.69) is 10.1 Å². The maximum atomic E-state index is 12.2. The van der Waals surface area contributed by atoms with E-state index in [0.29, 0.717) is 17.1 Å². The molecule has 5 nitrogen and oxygen atoms in total. The second kappa shape index (κ2) is 6.47. The first-order chi connectivity index (χ1) is 9.24. The van der Waals surface area contributed by atoms with E-state index < -0.39 is 24.8 Å². The molecule has 112 valence electrons. The van der Waals surface area contributed by atoms with E-state index in [-0.39, 0.29) is 0 Å². The topological polar surface area (TPSA) is 73.6 Å². The molecule has 0 bridgehead atoms. The molecular formula is C12H15F3N2O3. The first-order valence-corrected chi connectivity index (χ1v) is 5.65. The van der Waals surface area contributed by atoms with Gasteiger partial charge < -0.3 is 20.5 Å². The maximum absolute atomic E-state index is 12.2. The third-order valence-electron chi connectivity index (χ3n) is 2.43. The monoisotopic (exact) mass is 292 g/mol. The average Bonchev–Trinajstić information content (AvgIpc) is 2.36. The van der Waals surface area contributed by atoms with Gasteiger partial charge in [0.1, 0.15) is 12.4 Å². The number of carbonyl (C=O) groups excluding carboxylic acids is 1. The van der Waals surface area contributed by atoms with Gasteiger partial charge in [0, 0.05) is 11.8 Å². The molecule has 0 aliphatic carbocycles. The third kappa shape index (κ3) is 4.61. The zero-order valence-corrected chi connectivity index (χ0v) is 11.0. The molecule has 1 rings (SSSR count). The van der Waals surface area contributed by atoms with E-state index in [0.717, 1.165) is 6.92 Å². The van der Waals surface area contributed by atoms with Crippen molar-refractivity contribution in [3.05, 3.63) is 18.2 Å². The van der Waals surface area contributed by atoms with E-state index >= 15 is 0 Å². The van der Waals surface area contributed by atoms with Crippen LogP contribution >= 0.6 is 0 Å². The van der Waals surface area contributed by atoms with Crippen LogP contribution in [-0.4, -0.2) is 31.9 Å². The number of hydrogen-bond acceptors (Lipinski definition) is 4. The van der Waals surface area contributed by atoms with E-state index in [4.69, 9.17) is 10.5 Å². The Labute approximate surface area is 113 Å². The van der Waals surface area contributed by atoms with E-state index in [9.17, 15) is 18.0 Å². The number of ether oxygens (including phenoxy) is 2. The molecule has 0 aliphatic rings. The number of carbonyl (C=O) groups is 1. The van der Waals surface area contributed by atoms with Gasteiger partial charge in [-0.1, -0.05) is 0 Å². The molecular weight excluding hydrogens is 277 g/mol. The minimum absolute atomic E-state index is 0.301. The Hall–Kier alpha value is -1.96. The fourth-order valence-electron chi connectivity index (χ4n) is 1.29. The van der Waals surface area contributed by atoms with Crippen molar-refractivity contribution in [2.45, 2.75) is 19.2 Å². The number of alkyl halides is 3. The summed E-state index contributed by atoms with van der Waals surface area (Å²) in [5.74, 6) is -0.411. The normalized spacial score (nSPS) is 12.8. The van der Waals surface area contributed by atoms with Crippen LogP contribution < -0.4 is 15.8 Å². The number of hydrogen-bond donors (Lipinski definition) is 2. The number of rotatable bonds is 5. The SMILES string of the molecule is COc1cc(N)ccc1NC(=O)COC(C)C(F)(F)F. The van der Waals surface area contributed by atoms with Gasteiger partial charge in [-0.2, -0.15) is 13.2 Å². The first kappa shape index (κ1) is 16.1. The summed E-state index contributed by atoms with van der Waals surface area (Å²) in [6.07, 6.45) is -6.51. The fourth-order valence-corrected chi connectivity index (χ4v) is 1.29. The highest BCUT2D eigenvalue weighted by atomic mass is 19.4. The maximum Gasteiger partial charge on any atom is 0.414 e. The van der Waals surface area contributed by atoms with Crippen molar-refractivity contribution in [1.29, 1.82) is 0 Å². The number of nitrogens with two attached hydrogens (primary N) is 1. The summed E-state index contributed by atoms with van der Waals surface area (Å²) in [6, 6.07) is 4.49. The summed E-state index contributed by atoms with van der Waals surface area (Å²) in [4.78, 5) is 11.5. The minimum atomic E-state index is -4.50. The van der Waals surface area contributed by atoms with Crippen molar-refractivity contribution in [2.75, 3.05) is 24.8 Å². The predicted octanol–water partition coefficient (Wildman–Crippen LogP) is 2.18. The molecule has 1 atom stereocenters. The van der Waals surface area contributed by atoms with Gasteiger partial charge in [-0.3, -0.25) is 4.79 Å². The second-order valence-corrected chi connectivity index (χ2v) is 4.00. The lowest BCUT2D eigenvalue weighted by atomic mass is 10.2. The number of benzene rings is 1. The molecule has 0 saturated carbocycles. The highest BCUT2D eigenvalue weighted by Gasteiger charge is 2.37. The molecule has 1 aromatic rings. The van der Waals surface area contributed by atoms with Gasteiger partial charge in [-0.05, 0) is 19.1 Å². The van der Waals surface area contributed by atoms with Gasteiger partial charge in [0.2, 0.25) is 5.91 Å². The molecule has 0 heterocycles. The van der Waals surface area contributed by atoms with Crippen LogP contribution in [0.25, 0.3) is 0 Å². The third-order valence-corrected chi connectivity index (χ3v) is 2.43. The number of nitrogen functional groups attached to an aromatic ring is 1. The molecule has 0 spiro atoms. The average molecular weight is 292 g/mol. The molecule has 3 N–H and O–H groups in total. The number of nitrogens with one attached hydrogen (secondary N) is 1. The Morgan fingerprint density at radius 3 is 2.65 bits per heavy atom. The standard InChI is InChI=1S/C12H15F3N2O3/c1-7(12(13,14)15)20-6-11(18)17-9-4-3-8(16)5-10(9)19-2/h3-5,7H,6,16H2,1-2H3,(H,17,18). The van der Waals surface area contributed by atoms with Crippen molar-refractivity contribution in [1.82, 2.24) is 0 Å². The van der Waals surface area contributed by atoms with Crippen molar-refractivity contribution >= 4 is 17.3 Å². The lowest BCUT2D eigenvalue weighted by molar-refractivity contribution is -0.213. The van der Waals surface area contributed by atoms with Crippen LogP contribution in [0.4, 0.5) is 24.5 Å². The highest BCUT2D eigenvalue weighted by Crippen LogP contribution is 2.26. The Morgan fingerprint density at radius 2 is 2.10 bits per heavy atom. The largest absolute Gasteiger partial charge is 0.494 e.